The van der Waals surface area contributed by atoms with Crippen molar-refractivity contribution in [2.45, 2.75) is 77.1 Å². The molecule has 1 aromatic heterocycles. The minimum atomic E-state index is -4.71. The molecule has 6 rings (SSSR count). The van der Waals surface area contributed by atoms with E-state index in [2.05, 4.69) is 9.97 Å². The summed E-state index contributed by atoms with van der Waals surface area (Å²) in [7, 11) is 0. The molecule has 2 aromatic rings. The van der Waals surface area contributed by atoms with Crippen LogP contribution in [0.3, 0.4) is 0 Å². The topological polar surface area (TPSA) is 113 Å². The van der Waals surface area contributed by atoms with Crippen molar-refractivity contribution in [1.29, 1.82) is 0 Å². The Morgan fingerprint density at radius 2 is 1.98 bits per heavy atom. The van der Waals surface area contributed by atoms with E-state index in [1.54, 1.807) is 28.9 Å². The van der Waals surface area contributed by atoms with Crippen LogP contribution in [-0.4, -0.2) is 62.3 Å². The molecule has 0 unspecified atom stereocenters. The molecule has 44 heavy (non-hydrogen) atoms. The third-order valence-electron chi connectivity index (χ3n) is 10.0. The third kappa shape index (κ3) is 5.50. The van der Waals surface area contributed by atoms with E-state index in [-0.39, 0.29) is 41.6 Å². The van der Waals surface area contributed by atoms with Crippen molar-refractivity contribution in [1.82, 2.24) is 19.8 Å². The number of likely N-dealkylation sites (tertiary alicyclic amines) is 1. The van der Waals surface area contributed by atoms with Gasteiger partial charge in [0.05, 0.1) is 17.4 Å². The number of aromatic nitrogens is 2. The molecule has 2 saturated carbocycles. The van der Waals surface area contributed by atoms with Crippen LogP contribution in [-0.2, 0) is 33.6 Å². The summed E-state index contributed by atoms with van der Waals surface area (Å²) in [6, 6.07) is 2.45. The van der Waals surface area contributed by atoms with Crippen LogP contribution < -0.4 is 4.74 Å². The number of halogens is 4. The van der Waals surface area contributed by atoms with Gasteiger partial charge in [-0.1, -0.05) is 24.4 Å². The van der Waals surface area contributed by atoms with Gasteiger partial charge in [0.15, 0.2) is 5.69 Å². The van der Waals surface area contributed by atoms with Gasteiger partial charge in [0.25, 0.3) is 0 Å². The number of carboxylic acids is 1. The van der Waals surface area contributed by atoms with Gasteiger partial charge in [0.2, 0.25) is 11.8 Å². The van der Waals surface area contributed by atoms with Crippen LogP contribution in [0.5, 0.6) is 5.75 Å². The van der Waals surface area contributed by atoms with Gasteiger partial charge in [-0.3, -0.25) is 14.4 Å². The Hall–Kier alpha value is -3.41. The van der Waals surface area contributed by atoms with Gasteiger partial charge in [0, 0.05) is 48.4 Å². The molecule has 4 aliphatic rings. The number of carboxylic acid groups (broad SMARTS) is 1. The van der Waals surface area contributed by atoms with E-state index in [1.807, 2.05) is 0 Å². The minimum absolute atomic E-state index is 0.0178. The number of benzene rings is 1. The molecule has 9 nitrogen and oxygen atoms in total. The molecule has 13 heteroatoms. The Bertz CT molecular complexity index is 1500. The molecule has 1 aromatic carbocycles. The predicted molar refractivity (Wildman–Crippen MR) is 152 cm³/mol. The van der Waals surface area contributed by atoms with Crippen LogP contribution in [0, 0.1) is 16.7 Å². The van der Waals surface area contributed by atoms with E-state index < -0.39 is 41.8 Å². The van der Waals surface area contributed by atoms with Gasteiger partial charge in [-0.25, -0.2) is 9.97 Å². The number of fused-ring (bicyclic) bond motifs is 1. The maximum absolute atomic E-state index is 14.4. The fraction of sp³-hybridized carbons (Fsp3) is 0.581. The van der Waals surface area contributed by atoms with Gasteiger partial charge < -0.3 is 19.6 Å². The summed E-state index contributed by atoms with van der Waals surface area (Å²) in [5.41, 5.74) is -1.42. The zero-order chi connectivity index (χ0) is 31.4. The van der Waals surface area contributed by atoms with Crippen LogP contribution in [0.1, 0.15) is 80.3 Å². The van der Waals surface area contributed by atoms with Crippen LogP contribution in [0.4, 0.5) is 13.2 Å². The summed E-state index contributed by atoms with van der Waals surface area (Å²) in [4.78, 5) is 50.5. The summed E-state index contributed by atoms with van der Waals surface area (Å²) in [6.07, 6.45) is 2.10. The quantitative estimate of drug-likeness (QED) is 0.431. The molecular formula is C31H34ClF3N4O5. The van der Waals surface area contributed by atoms with Crippen molar-refractivity contribution >= 4 is 29.4 Å². The van der Waals surface area contributed by atoms with E-state index in [0.717, 1.165) is 31.8 Å². The maximum Gasteiger partial charge on any atom is 0.433 e. The molecule has 2 aliphatic heterocycles. The molecule has 3 heterocycles. The zero-order valence-corrected chi connectivity index (χ0v) is 25.1. The second kappa shape index (κ2) is 11.2. The highest BCUT2D eigenvalue weighted by Crippen LogP contribution is 2.54. The van der Waals surface area contributed by atoms with Crippen molar-refractivity contribution in [3.05, 3.63) is 52.1 Å². The molecule has 2 amide bonds. The van der Waals surface area contributed by atoms with Crippen LogP contribution >= 0.6 is 11.6 Å². The predicted octanol–water partition coefficient (Wildman–Crippen LogP) is 5.45. The lowest BCUT2D eigenvalue weighted by Crippen LogP contribution is -2.52. The van der Waals surface area contributed by atoms with E-state index in [9.17, 15) is 32.7 Å². The lowest BCUT2D eigenvalue weighted by atomic mass is 9.66. The molecule has 3 fully saturated rings. The highest BCUT2D eigenvalue weighted by atomic mass is 35.5. The lowest BCUT2D eigenvalue weighted by Gasteiger charge is -2.45. The molecule has 1 spiro atoms. The SMILES string of the molecule is C[C@]1(C(=O)O)CCCC[C@H]1C(=O)N1CCc2c(Cl)ccc(OCc3cncnc3C(F)(F)F)c2[C@H]1CN1CC2(CC2)CC1=O. The number of carbonyl (C=O) groups excluding carboxylic acids is 2. The largest absolute Gasteiger partial charge is 0.488 e. The number of hydrogen-bond donors (Lipinski definition) is 1. The number of hydrogen-bond acceptors (Lipinski definition) is 6. The number of nitrogens with zero attached hydrogens (tertiary/aromatic N) is 4. The molecule has 2 aliphatic carbocycles. The van der Waals surface area contributed by atoms with Crippen molar-refractivity contribution < 1.29 is 37.4 Å². The van der Waals surface area contributed by atoms with E-state index in [0.29, 0.717) is 54.8 Å². The number of aliphatic carboxylic acids is 1. The summed E-state index contributed by atoms with van der Waals surface area (Å²) >= 11 is 6.66. The summed E-state index contributed by atoms with van der Waals surface area (Å²) in [5, 5.41) is 10.6. The maximum atomic E-state index is 14.4. The second-order valence-electron chi connectivity index (χ2n) is 12.9. The fourth-order valence-corrected chi connectivity index (χ4v) is 7.55. The molecule has 0 bridgehead atoms. The van der Waals surface area contributed by atoms with Gasteiger partial charge in [-0.2, -0.15) is 13.2 Å². The smallest absolute Gasteiger partial charge is 0.433 e. The summed E-state index contributed by atoms with van der Waals surface area (Å²) in [5.74, 6) is -1.87. The minimum Gasteiger partial charge on any atom is -0.488 e. The molecule has 1 N–H and O–H groups in total. The van der Waals surface area contributed by atoms with Crippen molar-refractivity contribution in [3.63, 3.8) is 0 Å². The Kier molecular flexibility index (Phi) is 7.78. The zero-order valence-electron chi connectivity index (χ0n) is 24.3. The molecule has 236 valence electrons. The van der Waals surface area contributed by atoms with Crippen molar-refractivity contribution in [2.24, 2.45) is 16.7 Å². The second-order valence-corrected chi connectivity index (χ2v) is 13.3. The number of alkyl halides is 3. The molecule has 1 saturated heterocycles. The Morgan fingerprint density at radius 1 is 1.20 bits per heavy atom. The average molecular weight is 635 g/mol. The first-order valence-electron chi connectivity index (χ1n) is 14.9. The number of rotatable bonds is 7. The number of carbonyl (C=O) groups is 3. The number of amides is 2. The average Bonchev–Trinajstić information content (AvgIpc) is 3.66. The highest BCUT2D eigenvalue weighted by Gasteiger charge is 2.54. The summed E-state index contributed by atoms with van der Waals surface area (Å²) in [6.45, 7) is 2.09. The first kappa shape index (κ1) is 30.6. The van der Waals surface area contributed by atoms with E-state index in [4.69, 9.17) is 16.3 Å². The molecule has 3 atom stereocenters. The van der Waals surface area contributed by atoms with Crippen LogP contribution in [0.25, 0.3) is 0 Å². The fourth-order valence-electron chi connectivity index (χ4n) is 7.29. The van der Waals surface area contributed by atoms with E-state index >= 15 is 0 Å². The Balaban J connectivity index is 1.38. The van der Waals surface area contributed by atoms with Crippen LogP contribution in [0.15, 0.2) is 24.7 Å². The number of ether oxygens (including phenoxy) is 1. The highest BCUT2D eigenvalue weighted by molar-refractivity contribution is 6.31. The standard InChI is InChI=1S/C31H34ClF3N4O5/c1-29(28(42)43)8-3-2-4-20(29)27(41)39-11-7-19-21(32)5-6-23(44-15-18-13-36-17-37-26(18)31(33,34)35)25(19)22(39)14-38-16-30(9-10-30)12-24(38)40/h5-6,13,17,20,22H,2-4,7-12,14-16H2,1H3,(H,42,43)/t20-,22+,29-/m0/s1. The first-order valence-corrected chi connectivity index (χ1v) is 15.3. The normalized spacial score (nSPS) is 26.1. The van der Waals surface area contributed by atoms with Gasteiger partial charge in [-0.15, -0.1) is 0 Å². The summed E-state index contributed by atoms with van der Waals surface area (Å²) < 4.78 is 47.0. The monoisotopic (exact) mass is 634 g/mol. The van der Waals surface area contributed by atoms with Crippen molar-refractivity contribution in [2.75, 3.05) is 19.6 Å². The first-order chi connectivity index (χ1) is 20.8. The van der Waals surface area contributed by atoms with Gasteiger partial charge in [-0.05, 0) is 62.1 Å². The Morgan fingerprint density at radius 3 is 2.66 bits per heavy atom. The Labute approximate surface area is 257 Å². The van der Waals surface area contributed by atoms with Crippen LogP contribution in [0.2, 0.25) is 5.02 Å². The van der Waals surface area contributed by atoms with Crippen molar-refractivity contribution in [3.8, 4) is 5.75 Å². The third-order valence-corrected chi connectivity index (χ3v) is 10.4. The molecular weight excluding hydrogens is 601 g/mol. The molecule has 0 radical (unpaired) electrons. The lowest BCUT2D eigenvalue weighted by molar-refractivity contribution is -0.162. The van der Waals surface area contributed by atoms with Gasteiger partial charge in [0.1, 0.15) is 18.7 Å². The van der Waals surface area contributed by atoms with Gasteiger partial charge >= 0.3 is 12.1 Å². The van der Waals surface area contributed by atoms with E-state index in [1.165, 1.54) is 0 Å².